The molecular weight excluding hydrogens is 359 g/mol. The third-order valence-corrected chi connectivity index (χ3v) is 5.05. The van der Waals surface area contributed by atoms with Crippen molar-refractivity contribution in [1.29, 1.82) is 0 Å². The maximum absolute atomic E-state index is 12.4. The van der Waals surface area contributed by atoms with Gasteiger partial charge in [0.1, 0.15) is 5.82 Å². The number of hydrogen-bond donors (Lipinski definition) is 2. The lowest BCUT2D eigenvalue weighted by molar-refractivity contribution is 0.0923. The zero-order valence-electron chi connectivity index (χ0n) is 13.7. The number of rotatable bonds is 5. The molecule has 5 nitrogen and oxygen atoms in total. The fourth-order valence-electron chi connectivity index (χ4n) is 3.08. The Labute approximate surface area is 157 Å². The first-order chi connectivity index (χ1) is 12.1. The third-order valence-electron chi connectivity index (χ3n) is 4.49. The molecule has 0 radical (unpaired) electrons. The predicted molar refractivity (Wildman–Crippen MR) is 100 cm³/mol. The minimum absolute atomic E-state index is 0.159. The minimum atomic E-state index is -0.159. The van der Waals surface area contributed by atoms with Crippen molar-refractivity contribution in [2.75, 3.05) is 11.9 Å². The van der Waals surface area contributed by atoms with Crippen molar-refractivity contribution in [2.45, 2.75) is 31.7 Å². The molecule has 1 aliphatic carbocycles. The first kappa shape index (κ1) is 18.0. The van der Waals surface area contributed by atoms with E-state index in [1.165, 1.54) is 0 Å². The van der Waals surface area contributed by atoms with Gasteiger partial charge in [-0.2, -0.15) is 0 Å². The Morgan fingerprint density at radius 3 is 2.68 bits per heavy atom. The van der Waals surface area contributed by atoms with Crippen molar-refractivity contribution in [1.82, 2.24) is 15.3 Å². The molecule has 25 heavy (non-hydrogen) atoms. The standard InChI is InChI=1S/C18H20Cl2N4O/c19-13-3-6-16(20)15(9-13)18(25)24-14-4-1-12(2-5-14)10-23-17-11-21-7-8-22-17/h3,6-9,11-12,14H,1-2,4-5,10H2,(H,22,23)(H,24,25)/t12-,14-. The predicted octanol–water partition coefficient (Wildman–Crippen LogP) is 4.18. The van der Waals surface area contributed by atoms with Crippen molar-refractivity contribution in [2.24, 2.45) is 5.92 Å². The van der Waals surface area contributed by atoms with Crippen LogP contribution in [0.4, 0.5) is 5.82 Å². The molecule has 0 atom stereocenters. The molecule has 0 saturated heterocycles. The van der Waals surface area contributed by atoms with Gasteiger partial charge in [0, 0.05) is 30.0 Å². The highest BCUT2D eigenvalue weighted by Gasteiger charge is 2.23. The van der Waals surface area contributed by atoms with Crippen LogP contribution >= 0.6 is 23.2 Å². The summed E-state index contributed by atoms with van der Waals surface area (Å²) in [4.78, 5) is 20.7. The van der Waals surface area contributed by atoms with Crippen molar-refractivity contribution in [3.05, 3.63) is 52.4 Å². The van der Waals surface area contributed by atoms with Gasteiger partial charge in [0.15, 0.2) is 0 Å². The topological polar surface area (TPSA) is 66.9 Å². The van der Waals surface area contributed by atoms with Crippen LogP contribution in [0, 0.1) is 5.92 Å². The van der Waals surface area contributed by atoms with Gasteiger partial charge in [-0.3, -0.25) is 9.78 Å². The molecule has 1 aromatic heterocycles. The summed E-state index contributed by atoms with van der Waals surface area (Å²) >= 11 is 12.0. The van der Waals surface area contributed by atoms with E-state index in [-0.39, 0.29) is 11.9 Å². The SMILES string of the molecule is O=C(N[C@H]1CC[C@H](CNc2cnccn2)CC1)c1cc(Cl)ccc1Cl. The molecule has 1 fully saturated rings. The average Bonchev–Trinajstić information content (AvgIpc) is 2.64. The molecule has 1 aromatic carbocycles. The van der Waals surface area contributed by atoms with E-state index in [0.717, 1.165) is 38.0 Å². The van der Waals surface area contributed by atoms with Gasteiger partial charge in [-0.25, -0.2) is 4.98 Å². The number of carbonyl (C=O) groups is 1. The molecule has 0 aliphatic heterocycles. The number of benzene rings is 1. The second kappa shape index (κ2) is 8.50. The number of amides is 1. The van der Waals surface area contributed by atoms with Crippen molar-refractivity contribution >= 4 is 34.9 Å². The third kappa shape index (κ3) is 5.06. The Balaban J connectivity index is 1.46. The first-order valence-electron chi connectivity index (χ1n) is 8.37. The molecule has 132 valence electrons. The Kier molecular flexibility index (Phi) is 6.10. The van der Waals surface area contributed by atoms with Gasteiger partial charge in [-0.15, -0.1) is 0 Å². The van der Waals surface area contributed by atoms with Crippen LogP contribution in [-0.2, 0) is 0 Å². The van der Waals surface area contributed by atoms with Gasteiger partial charge in [-0.1, -0.05) is 23.2 Å². The van der Waals surface area contributed by atoms with Crippen molar-refractivity contribution < 1.29 is 4.79 Å². The van der Waals surface area contributed by atoms with Crippen LogP contribution in [0.25, 0.3) is 0 Å². The molecule has 0 unspecified atom stereocenters. The van der Waals surface area contributed by atoms with E-state index in [1.54, 1.807) is 36.8 Å². The number of halogens is 2. The molecule has 0 bridgehead atoms. The van der Waals surface area contributed by atoms with Crippen LogP contribution < -0.4 is 10.6 Å². The summed E-state index contributed by atoms with van der Waals surface area (Å²) in [5, 5.41) is 7.32. The van der Waals surface area contributed by atoms with E-state index in [1.807, 2.05) is 0 Å². The molecule has 2 aromatic rings. The molecule has 3 rings (SSSR count). The Hall–Kier alpha value is -1.85. The molecule has 1 aliphatic rings. The zero-order valence-corrected chi connectivity index (χ0v) is 15.2. The number of nitrogens with one attached hydrogen (secondary N) is 2. The first-order valence-corrected chi connectivity index (χ1v) is 9.13. The highest BCUT2D eigenvalue weighted by atomic mass is 35.5. The molecule has 1 heterocycles. The fourth-order valence-corrected chi connectivity index (χ4v) is 3.46. The number of nitrogens with zero attached hydrogens (tertiary/aromatic N) is 2. The lowest BCUT2D eigenvalue weighted by Crippen LogP contribution is -2.38. The van der Waals surface area contributed by atoms with Gasteiger partial charge in [0.2, 0.25) is 0 Å². The summed E-state index contributed by atoms with van der Waals surface area (Å²) < 4.78 is 0. The molecule has 2 N–H and O–H groups in total. The Bertz CT molecular complexity index is 718. The summed E-state index contributed by atoms with van der Waals surface area (Å²) in [7, 11) is 0. The summed E-state index contributed by atoms with van der Waals surface area (Å²) in [5.41, 5.74) is 0.431. The second-order valence-electron chi connectivity index (χ2n) is 6.29. The van der Waals surface area contributed by atoms with Gasteiger partial charge in [0.25, 0.3) is 5.91 Å². The lowest BCUT2D eigenvalue weighted by atomic mass is 9.86. The summed E-state index contributed by atoms with van der Waals surface area (Å²) in [6.07, 6.45) is 9.08. The maximum atomic E-state index is 12.4. The van der Waals surface area contributed by atoms with E-state index < -0.39 is 0 Å². The molecule has 1 saturated carbocycles. The van der Waals surface area contributed by atoms with E-state index in [4.69, 9.17) is 23.2 Å². The smallest absolute Gasteiger partial charge is 0.253 e. The maximum Gasteiger partial charge on any atom is 0.253 e. The number of anilines is 1. The summed E-state index contributed by atoms with van der Waals surface area (Å²) in [5.74, 6) is 1.21. The highest BCUT2D eigenvalue weighted by Crippen LogP contribution is 2.26. The van der Waals surface area contributed by atoms with E-state index >= 15 is 0 Å². The van der Waals surface area contributed by atoms with E-state index in [9.17, 15) is 4.79 Å². The van der Waals surface area contributed by atoms with Crippen LogP contribution in [0.3, 0.4) is 0 Å². The van der Waals surface area contributed by atoms with Gasteiger partial charge in [-0.05, 0) is 49.8 Å². The quantitative estimate of drug-likeness (QED) is 0.818. The Morgan fingerprint density at radius 1 is 1.16 bits per heavy atom. The molecular formula is C18H20Cl2N4O. The largest absolute Gasteiger partial charge is 0.369 e. The number of aromatic nitrogens is 2. The monoisotopic (exact) mass is 378 g/mol. The normalized spacial score (nSPS) is 20.1. The van der Waals surface area contributed by atoms with Crippen LogP contribution in [0.1, 0.15) is 36.0 Å². The van der Waals surface area contributed by atoms with Crippen molar-refractivity contribution in [3.8, 4) is 0 Å². The van der Waals surface area contributed by atoms with Crippen LogP contribution in [0.15, 0.2) is 36.8 Å². The van der Waals surface area contributed by atoms with Gasteiger partial charge < -0.3 is 10.6 Å². The number of carbonyl (C=O) groups excluding carboxylic acids is 1. The summed E-state index contributed by atoms with van der Waals surface area (Å²) in [6, 6.07) is 5.11. The summed E-state index contributed by atoms with van der Waals surface area (Å²) in [6.45, 7) is 0.874. The molecule has 1 amide bonds. The Morgan fingerprint density at radius 2 is 1.96 bits per heavy atom. The van der Waals surface area contributed by atoms with Crippen LogP contribution in [-0.4, -0.2) is 28.5 Å². The van der Waals surface area contributed by atoms with Crippen molar-refractivity contribution in [3.63, 3.8) is 0 Å². The molecule has 0 spiro atoms. The zero-order chi connectivity index (χ0) is 17.6. The van der Waals surface area contributed by atoms with Crippen LogP contribution in [0.5, 0.6) is 0 Å². The molecule has 7 heteroatoms. The van der Waals surface area contributed by atoms with Crippen LogP contribution in [0.2, 0.25) is 10.0 Å². The van der Waals surface area contributed by atoms with E-state index in [2.05, 4.69) is 20.6 Å². The fraction of sp³-hybridized carbons (Fsp3) is 0.389. The minimum Gasteiger partial charge on any atom is -0.369 e. The lowest BCUT2D eigenvalue weighted by Gasteiger charge is -2.29. The second-order valence-corrected chi connectivity index (χ2v) is 7.13. The van der Waals surface area contributed by atoms with E-state index in [0.29, 0.717) is 21.5 Å². The van der Waals surface area contributed by atoms with Gasteiger partial charge in [0.05, 0.1) is 16.8 Å². The average molecular weight is 379 g/mol. The number of hydrogen-bond acceptors (Lipinski definition) is 4. The highest BCUT2D eigenvalue weighted by molar-refractivity contribution is 6.35. The van der Waals surface area contributed by atoms with Gasteiger partial charge >= 0.3 is 0 Å².